The molecule has 0 radical (unpaired) electrons. The van der Waals surface area contributed by atoms with Gasteiger partial charge in [0, 0.05) is 48.2 Å². The molecule has 2 aromatic heterocycles. The fourth-order valence-corrected chi connectivity index (χ4v) is 4.95. The van der Waals surface area contributed by atoms with E-state index < -0.39 is 42.1 Å². The fourth-order valence-electron chi connectivity index (χ4n) is 4.95. The molecule has 0 bridgehead atoms. The molecule has 4 rings (SSSR count). The second-order valence-electron chi connectivity index (χ2n) is 10.4. The van der Waals surface area contributed by atoms with Gasteiger partial charge < -0.3 is 25.2 Å². The number of nitrogens with one attached hydrogen (secondary N) is 1. The van der Waals surface area contributed by atoms with Crippen LogP contribution in [0.4, 0.5) is 8.78 Å². The first-order valence-corrected chi connectivity index (χ1v) is 13.8. The number of aliphatic hydroxyl groups excluding tert-OH is 2. The Bertz CT molecular complexity index is 1580. The Balaban J connectivity index is 1.93. The number of pyridine rings is 1. The fraction of sp³-hybridized carbons (Fsp3) is 0.242. The maximum atomic E-state index is 14.0. The lowest BCUT2D eigenvalue weighted by Crippen LogP contribution is -2.27. The highest BCUT2D eigenvalue weighted by Crippen LogP contribution is 2.42. The van der Waals surface area contributed by atoms with Crippen molar-refractivity contribution in [3.05, 3.63) is 108 Å². The van der Waals surface area contributed by atoms with E-state index in [1.54, 1.807) is 53.4 Å². The summed E-state index contributed by atoms with van der Waals surface area (Å²) in [5, 5.41) is 32.6. The maximum absolute atomic E-state index is 14.0. The zero-order chi connectivity index (χ0) is 31.1. The molecule has 43 heavy (non-hydrogen) atoms. The van der Waals surface area contributed by atoms with Crippen molar-refractivity contribution in [3.8, 4) is 22.3 Å². The van der Waals surface area contributed by atoms with Crippen molar-refractivity contribution in [2.75, 3.05) is 0 Å². The third kappa shape index (κ3) is 7.79. The molecule has 1 amide bonds. The van der Waals surface area contributed by atoms with E-state index >= 15 is 0 Å². The minimum absolute atomic E-state index is 0.191. The molecule has 0 aliphatic heterocycles. The molecule has 4 aromatic rings. The van der Waals surface area contributed by atoms with Crippen LogP contribution in [-0.4, -0.2) is 49.0 Å². The lowest BCUT2D eigenvalue weighted by Gasteiger charge is -2.17. The predicted octanol–water partition coefficient (Wildman–Crippen LogP) is 5.61. The number of aliphatic hydroxyl groups is 2. The molecule has 0 saturated heterocycles. The number of hydrogen-bond donors (Lipinski definition) is 4. The summed E-state index contributed by atoms with van der Waals surface area (Å²) in [5.41, 5.74) is 3.68. The zero-order valence-electron chi connectivity index (χ0n) is 23.7. The van der Waals surface area contributed by atoms with E-state index in [2.05, 4.69) is 10.3 Å². The summed E-state index contributed by atoms with van der Waals surface area (Å²) >= 11 is 0. The van der Waals surface area contributed by atoms with Gasteiger partial charge in [0.2, 0.25) is 0 Å². The van der Waals surface area contributed by atoms with Crippen LogP contribution in [0.5, 0.6) is 0 Å². The molecule has 224 valence electrons. The van der Waals surface area contributed by atoms with Crippen molar-refractivity contribution < 1.29 is 33.7 Å². The lowest BCUT2D eigenvalue weighted by atomic mass is 9.94. The topological polar surface area (TPSA) is 125 Å². The van der Waals surface area contributed by atoms with Gasteiger partial charge in [-0.05, 0) is 66.9 Å². The third-order valence-electron chi connectivity index (χ3n) is 6.82. The molecule has 10 heteroatoms. The number of benzene rings is 2. The van der Waals surface area contributed by atoms with Crippen LogP contribution in [0.3, 0.4) is 0 Å². The van der Waals surface area contributed by atoms with E-state index in [0.717, 1.165) is 5.56 Å². The summed E-state index contributed by atoms with van der Waals surface area (Å²) in [7, 11) is 0. The van der Waals surface area contributed by atoms with Gasteiger partial charge >= 0.3 is 5.97 Å². The average Bonchev–Trinajstić information content (AvgIpc) is 3.31. The van der Waals surface area contributed by atoms with Gasteiger partial charge in [0.15, 0.2) is 0 Å². The molecule has 2 aromatic carbocycles. The van der Waals surface area contributed by atoms with E-state index in [-0.39, 0.29) is 24.7 Å². The third-order valence-corrected chi connectivity index (χ3v) is 6.82. The van der Waals surface area contributed by atoms with Crippen LogP contribution in [0.2, 0.25) is 0 Å². The first-order valence-electron chi connectivity index (χ1n) is 13.8. The summed E-state index contributed by atoms with van der Waals surface area (Å²) in [6.45, 7) is 3.95. The van der Waals surface area contributed by atoms with Crippen molar-refractivity contribution in [1.82, 2.24) is 14.9 Å². The van der Waals surface area contributed by atoms with Crippen LogP contribution in [0, 0.1) is 11.6 Å². The van der Waals surface area contributed by atoms with E-state index in [4.69, 9.17) is 5.11 Å². The number of aromatic nitrogens is 2. The number of amides is 1. The van der Waals surface area contributed by atoms with Crippen molar-refractivity contribution in [2.24, 2.45) is 0 Å². The number of aliphatic carboxylic acids is 1. The number of nitrogens with zero attached hydrogens (tertiary/aromatic N) is 2. The van der Waals surface area contributed by atoms with E-state index in [9.17, 15) is 28.6 Å². The molecule has 2 atom stereocenters. The largest absolute Gasteiger partial charge is 0.481 e. The van der Waals surface area contributed by atoms with Gasteiger partial charge in [-0.2, -0.15) is 0 Å². The normalized spacial score (nSPS) is 12.9. The van der Waals surface area contributed by atoms with Gasteiger partial charge in [0.05, 0.1) is 18.6 Å². The summed E-state index contributed by atoms with van der Waals surface area (Å²) in [4.78, 5) is 29.0. The molecule has 4 N–H and O–H groups in total. The quantitative estimate of drug-likeness (QED) is 0.170. The second kappa shape index (κ2) is 14.0. The monoisotopic (exact) mass is 589 g/mol. The molecule has 0 spiro atoms. The highest BCUT2D eigenvalue weighted by molar-refractivity contribution is 6.06. The van der Waals surface area contributed by atoms with Gasteiger partial charge in [0.1, 0.15) is 17.3 Å². The second-order valence-corrected chi connectivity index (χ2v) is 10.4. The molecule has 0 saturated carbocycles. The minimum Gasteiger partial charge on any atom is -0.481 e. The van der Waals surface area contributed by atoms with Gasteiger partial charge in [-0.15, -0.1) is 0 Å². The smallest absolute Gasteiger partial charge is 0.305 e. The molecular formula is C33H33F2N3O5. The van der Waals surface area contributed by atoms with Crippen LogP contribution in [-0.2, 0) is 11.3 Å². The zero-order valence-corrected chi connectivity index (χ0v) is 23.7. The van der Waals surface area contributed by atoms with Crippen LogP contribution in [0.25, 0.3) is 28.3 Å². The van der Waals surface area contributed by atoms with Crippen LogP contribution in [0.1, 0.15) is 54.5 Å². The number of hydrogen-bond acceptors (Lipinski definition) is 5. The Morgan fingerprint density at radius 2 is 1.56 bits per heavy atom. The van der Waals surface area contributed by atoms with Crippen molar-refractivity contribution in [1.29, 1.82) is 0 Å². The first-order chi connectivity index (χ1) is 20.5. The van der Waals surface area contributed by atoms with Crippen molar-refractivity contribution >= 4 is 18.0 Å². The number of carboxylic acids is 1. The van der Waals surface area contributed by atoms with Crippen molar-refractivity contribution in [2.45, 2.75) is 51.5 Å². The number of rotatable bonds is 12. The SMILES string of the molecule is CC(C)n1c(C=CC(O)CC(O)CC(=O)O)c(-c2ccc(F)cc2)c(-c2ccc(F)cc2)c1C(=O)NCc1cccnc1. The van der Waals surface area contributed by atoms with Gasteiger partial charge in [-0.3, -0.25) is 14.6 Å². The minimum atomic E-state index is -1.27. The Kier molecular flexibility index (Phi) is 10.2. The standard InChI is InChI=1S/C33H33F2N3O5/c1-20(2)38-28(14-13-26(39)16-27(40)17-29(41)42)30(22-5-9-24(34)10-6-22)31(23-7-11-25(35)12-8-23)32(38)33(43)37-19-21-4-3-15-36-18-21/h3-15,18,20,26-27,39-40H,16-17,19H2,1-2H3,(H,37,43)(H,41,42). The van der Waals surface area contributed by atoms with Crippen LogP contribution in [0.15, 0.2) is 79.1 Å². The number of halogens is 2. The number of carboxylic acid groups (broad SMARTS) is 1. The van der Waals surface area contributed by atoms with E-state index in [1.165, 1.54) is 30.3 Å². The summed E-state index contributed by atoms with van der Waals surface area (Å²) < 4.78 is 29.8. The van der Waals surface area contributed by atoms with E-state index in [1.807, 2.05) is 19.9 Å². The van der Waals surface area contributed by atoms with Crippen LogP contribution >= 0.6 is 0 Å². The summed E-state index contributed by atoms with van der Waals surface area (Å²) in [6, 6.07) is 14.7. The van der Waals surface area contributed by atoms with E-state index in [0.29, 0.717) is 27.9 Å². The highest BCUT2D eigenvalue weighted by atomic mass is 19.1. The number of carbonyl (C=O) groups excluding carboxylic acids is 1. The van der Waals surface area contributed by atoms with Gasteiger partial charge in [0.25, 0.3) is 5.91 Å². The first kappa shape index (κ1) is 31.3. The highest BCUT2D eigenvalue weighted by Gasteiger charge is 2.29. The van der Waals surface area contributed by atoms with Crippen LogP contribution < -0.4 is 5.32 Å². The molecule has 8 nitrogen and oxygen atoms in total. The molecule has 2 unspecified atom stereocenters. The summed E-state index contributed by atoms with van der Waals surface area (Å²) in [6.07, 6.45) is 3.06. The Morgan fingerprint density at radius 1 is 0.953 bits per heavy atom. The average molecular weight is 590 g/mol. The van der Waals surface area contributed by atoms with Gasteiger partial charge in [-0.25, -0.2) is 8.78 Å². The molecule has 0 aliphatic carbocycles. The molecular weight excluding hydrogens is 556 g/mol. The van der Waals surface area contributed by atoms with Gasteiger partial charge in [-0.1, -0.05) is 36.4 Å². The Morgan fingerprint density at radius 3 is 2.09 bits per heavy atom. The predicted molar refractivity (Wildman–Crippen MR) is 159 cm³/mol. The maximum Gasteiger partial charge on any atom is 0.305 e. The molecule has 0 fully saturated rings. The lowest BCUT2D eigenvalue weighted by molar-refractivity contribution is -0.139. The Labute approximate surface area is 248 Å². The molecule has 0 aliphatic rings. The number of carbonyl (C=O) groups is 2. The molecule has 2 heterocycles. The van der Waals surface area contributed by atoms with Crippen molar-refractivity contribution in [3.63, 3.8) is 0 Å². The Hall–Kier alpha value is -4.67. The summed E-state index contributed by atoms with van der Waals surface area (Å²) in [5.74, 6) is -2.52.